The number of ether oxygens (including phenoxy) is 1. The Morgan fingerprint density at radius 1 is 1.21 bits per heavy atom. The molecule has 1 aliphatic heterocycles. The third kappa shape index (κ3) is 2.53. The van der Waals surface area contributed by atoms with Gasteiger partial charge in [0.2, 0.25) is 0 Å². The van der Waals surface area contributed by atoms with Crippen LogP contribution in [0.4, 0.5) is 0 Å². The zero-order chi connectivity index (χ0) is 13.5. The van der Waals surface area contributed by atoms with E-state index in [-0.39, 0.29) is 11.6 Å². The van der Waals surface area contributed by atoms with Crippen LogP contribution in [0.15, 0.2) is 34.7 Å². The fourth-order valence-electron chi connectivity index (χ4n) is 2.59. The summed E-state index contributed by atoms with van der Waals surface area (Å²) in [5.74, 6) is 0.940. The van der Waals surface area contributed by atoms with E-state index in [1.54, 1.807) is 0 Å². The third-order valence-corrected chi connectivity index (χ3v) is 3.78. The Labute approximate surface area is 114 Å². The van der Waals surface area contributed by atoms with Gasteiger partial charge in [0, 0.05) is 24.0 Å². The SMILES string of the molecule is CC(C)(C)N1CCO[C@@H](c2cc3ccccc3o2)C1. The zero-order valence-corrected chi connectivity index (χ0v) is 11.8. The molecule has 19 heavy (non-hydrogen) atoms. The van der Waals surface area contributed by atoms with Crippen molar-refractivity contribution in [3.8, 4) is 0 Å². The summed E-state index contributed by atoms with van der Waals surface area (Å²) in [4.78, 5) is 2.45. The minimum Gasteiger partial charge on any atom is -0.458 e. The van der Waals surface area contributed by atoms with Crippen molar-refractivity contribution in [2.24, 2.45) is 0 Å². The van der Waals surface area contributed by atoms with Gasteiger partial charge in [-0.3, -0.25) is 4.90 Å². The molecule has 3 rings (SSSR count). The second-order valence-corrected chi connectivity index (χ2v) is 6.16. The van der Waals surface area contributed by atoms with Crippen molar-refractivity contribution in [1.29, 1.82) is 0 Å². The maximum Gasteiger partial charge on any atom is 0.135 e. The molecule has 102 valence electrons. The number of hydrogen-bond acceptors (Lipinski definition) is 3. The second-order valence-electron chi connectivity index (χ2n) is 6.16. The summed E-state index contributed by atoms with van der Waals surface area (Å²) < 4.78 is 11.8. The molecule has 0 aliphatic carbocycles. The molecule has 1 aromatic heterocycles. The third-order valence-electron chi connectivity index (χ3n) is 3.78. The number of fused-ring (bicyclic) bond motifs is 1. The highest BCUT2D eigenvalue weighted by atomic mass is 16.5. The molecule has 2 heterocycles. The molecule has 0 radical (unpaired) electrons. The lowest BCUT2D eigenvalue weighted by Crippen LogP contribution is -2.48. The van der Waals surface area contributed by atoms with Gasteiger partial charge in [-0.1, -0.05) is 18.2 Å². The first-order chi connectivity index (χ1) is 9.04. The summed E-state index contributed by atoms with van der Waals surface area (Å²) in [7, 11) is 0. The molecular weight excluding hydrogens is 238 g/mol. The van der Waals surface area contributed by atoms with E-state index in [1.165, 1.54) is 0 Å². The Bertz CT molecular complexity index is 534. The highest BCUT2D eigenvalue weighted by Gasteiger charge is 2.30. The molecule has 2 aromatic rings. The average molecular weight is 259 g/mol. The van der Waals surface area contributed by atoms with Crippen molar-refractivity contribution < 1.29 is 9.15 Å². The first kappa shape index (κ1) is 12.7. The molecule has 1 aliphatic rings. The number of furan rings is 1. The Kier molecular flexibility index (Phi) is 3.11. The molecule has 1 atom stereocenters. The van der Waals surface area contributed by atoms with Gasteiger partial charge >= 0.3 is 0 Å². The number of morpholine rings is 1. The van der Waals surface area contributed by atoms with E-state index in [9.17, 15) is 0 Å². The van der Waals surface area contributed by atoms with Gasteiger partial charge in [0.05, 0.1) is 6.61 Å². The van der Waals surface area contributed by atoms with Gasteiger partial charge in [-0.2, -0.15) is 0 Å². The van der Waals surface area contributed by atoms with E-state index in [2.05, 4.69) is 37.8 Å². The van der Waals surface area contributed by atoms with Crippen LogP contribution >= 0.6 is 0 Å². The van der Waals surface area contributed by atoms with E-state index in [0.717, 1.165) is 36.4 Å². The lowest BCUT2D eigenvalue weighted by Gasteiger charge is -2.40. The van der Waals surface area contributed by atoms with Gasteiger partial charge < -0.3 is 9.15 Å². The average Bonchev–Trinajstić information content (AvgIpc) is 2.81. The van der Waals surface area contributed by atoms with E-state index < -0.39 is 0 Å². The summed E-state index contributed by atoms with van der Waals surface area (Å²) in [6, 6.07) is 10.2. The van der Waals surface area contributed by atoms with Crippen LogP contribution in [-0.2, 0) is 4.74 Å². The van der Waals surface area contributed by atoms with Crippen LogP contribution in [0.5, 0.6) is 0 Å². The number of nitrogens with zero attached hydrogens (tertiary/aromatic N) is 1. The first-order valence-electron chi connectivity index (χ1n) is 6.89. The largest absolute Gasteiger partial charge is 0.458 e. The molecule has 0 spiro atoms. The van der Waals surface area contributed by atoms with Crippen LogP contribution in [0.3, 0.4) is 0 Å². The maximum atomic E-state index is 5.92. The van der Waals surface area contributed by atoms with E-state index in [1.807, 2.05) is 18.2 Å². The molecule has 3 heteroatoms. The van der Waals surface area contributed by atoms with Crippen molar-refractivity contribution in [3.05, 3.63) is 36.1 Å². The lowest BCUT2D eigenvalue weighted by molar-refractivity contribution is -0.0671. The second kappa shape index (κ2) is 4.66. The fourth-order valence-corrected chi connectivity index (χ4v) is 2.59. The van der Waals surface area contributed by atoms with Crippen molar-refractivity contribution in [2.75, 3.05) is 19.7 Å². The van der Waals surface area contributed by atoms with Crippen molar-refractivity contribution >= 4 is 11.0 Å². The molecule has 0 amide bonds. The number of para-hydroxylation sites is 1. The standard InChI is InChI=1S/C16H21NO2/c1-16(2,3)17-8-9-18-15(11-17)14-10-12-6-4-5-7-13(12)19-14/h4-7,10,15H,8-9,11H2,1-3H3/t15-/m1/s1. The van der Waals surface area contributed by atoms with Gasteiger partial charge in [0.25, 0.3) is 0 Å². The summed E-state index contributed by atoms with van der Waals surface area (Å²) in [6.45, 7) is 9.37. The Balaban J connectivity index is 1.85. The summed E-state index contributed by atoms with van der Waals surface area (Å²) >= 11 is 0. The monoisotopic (exact) mass is 259 g/mol. The van der Waals surface area contributed by atoms with Gasteiger partial charge in [-0.05, 0) is 32.9 Å². The number of rotatable bonds is 1. The molecule has 1 aromatic carbocycles. The van der Waals surface area contributed by atoms with Crippen molar-refractivity contribution in [1.82, 2.24) is 4.90 Å². The summed E-state index contributed by atoms with van der Waals surface area (Å²) in [5.41, 5.74) is 1.11. The minimum atomic E-state index is 0.0420. The van der Waals surface area contributed by atoms with Crippen LogP contribution < -0.4 is 0 Å². The number of hydrogen-bond donors (Lipinski definition) is 0. The molecule has 0 unspecified atom stereocenters. The van der Waals surface area contributed by atoms with Gasteiger partial charge in [-0.15, -0.1) is 0 Å². The first-order valence-corrected chi connectivity index (χ1v) is 6.89. The quantitative estimate of drug-likeness (QED) is 0.782. The Hall–Kier alpha value is -1.32. The van der Waals surface area contributed by atoms with E-state index >= 15 is 0 Å². The minimum absolute atomic E-state index is 0.0420. The van der Waals surface area contributed by atoms with Gasteiger partial charge in [0.1, 0.15) is 17.4 Å². The van der Waals surface area contributed by atoms with Crippen LogP contribution in [0.1, 0.15) is 32.6 Å². The summed E-state index contributed by atoms with van der Waals surface area (Å²) in [5, 5.41) is 1.15. The normalized spacial score (nSPS) is 21.9. The fraction of sp³-hybridized carbons (Fsp3) is 0.500. The van der Waals surface area contributed by atoms with Crippen LogP contribution in [0.2, 0.25) is 0 Å². The highest BCUT2D eigenvalue weighted by molar-refractivity contribution is 5.77. The molecule has 0 N–H and O–H groups in total. The number of benzene rings is 1. The summed E-state index contributed by atoms with van der Waals surface area (Å²) in [6.07, 6.45) is 0.0420. The predicted molar refractivity (Wildman–Crippen MR) is 76.2 cm³/mol. The molecule has 0 saturated carbocycles. The predicted octanol–water partition coefficient (Wildman–Crippen LogP) is 3.60. The highest BCUT2D eigenvalue weighted by Crippen LogP contribution is 2.30. The smallest absolute Gasteiger partial charge is 0.135 e. The maximum absolute atomic E-state index is 5.92. The van der Waals surface area contributed by atoms with E-state index in [0.29, 0.717) is 0 Å². The van der Waals surface area contributed by atoms with Crippen LogP contribution in [0.25, 0.3) is 11.0 Å². The Morgan fingerprint density at radius 2 is 2.00 bits per heavy atom. The lowest BCUT2D eigenvalue weighted by atomic mass is 10.0. The molecule has 1 fully saturated rings. The van der Waals surface area contributed by atoms with Crippen LogP contribution in [-0.4, -0.2) is 30.1 Å². The van der Waals surface area contributed by atoms with Crippen LogP contribution in [0, 0.1) is 0 Å². The zero-order valence-electron chi connectivity index (χ0n) is 11.8. The molecule has 1 saturated heterocycles. The van der Waals surface area contributed by atoms with Gasteiger partial charge in [0.15, 0.2) is 0 Å². The van der Waals surface area contributed by atoms with Gasteiger partial charge in [-0.25, -0.2) is 0 Å². The van der Waals surface area contributed by atoms with E-state index in [4.69, 9.17) is 9.15 Å². The Morgan fingerprint density at radius 3 is 2.74 bits per heavy atom. The molecular formula is C16H21NO2. The van der Waals surface area contributed by atoms with Crippen molar-refractivity contribution in [3.63, 3.8) is 0 Å². The van der Waals surface area contributed by atoms with Crippen molar-refractivity contribution in [2.45, 2.75) is 32.4 Å². The molecule has 3 nitrogen and oxygen atoms in total. The topological polar surface area (TPSA) is 25.6 Å². The molecule has 0 bridgehead atoms.